The van der Waals surface area contributed by atoms with Crippen LogP contribution in [0, 0.1) is 13.8 Å². The fourth-order valence-electron chi connectivity index (χ4n) is 2.24. The number of ether oxygens (including phenoxy) is 1. The largest absolute Gasteiger partial charge is 0.462 e. The minimum Gasteiger partial charge on any atom is -0.462 e. The summed E-state index contributed by atoms with van der Waals surface area (Å²) in [7, 11) is 0. The number of carbonyl (C=O) groups is 1. The van der Waals surface area contributed by atoms with Gasteiger partial charge in [-0.3, -0.25) is 0 Å². The first-order chi connectivity index (χ1) is 11.1. The summed E-state index contributed by atoms with van der Waals surface area (Å²) in [6, 6.07) is 3.87. The van der Waals surface area contributed by atoms with Gasteiger partial charge in [-0.15, -0.1) is 16.5 Å². The molecule has 1 aromatic carbocycles. The SMILES string of the molecule is CCOC(=O)c1cc(C)c2cc(C)sc2c1N=Nc1ncno1. The van der Waals surface area contributed by atoms with Crippen LogP contribution >= 0.6 is 11.3 Å². The Morgan fingerprint density at radius 1 is 1.35 bits per heavy atom. The first kappa shape index (κ1) is 15.3. The van der Waals surface area contributed by atoms with E-state index in [4.69, 9.17) is 9.26 Å². The van der Waals surface area contributed by atoms with Gasteiger partial charge in [-0.05, 0) is 43.9 Å². The molecule has 0 N–H and O–H groups in total. The molecule has 0 atom stereocenters. The number of azo groups is 1. The van der Waals surface area contributed by atoms with Crippen molar-refractivity contribution >= 4 is 39.1 Å². The van der Waals surface area contributed by atoms with Gasteiger partial charge in [0.05, 0.1) is 16.9 Å². The molecular formula is C15H14N4O3S. The van der Waals surface area contributed by atoms with Crippen molar-refractivity contribution in [2.24, 2.45) is 10.2 Å². The minimum absolute atomic E-state index is 0.0295. The van der Waals surface area contributed by atoms with Crippen molar-refractivity contribution in [2.75, 3.05) is 6.61 Å². The molecular weight excluding hydrogens is 316 g/mol. The molecule has 2 heterocycles. The van der Waals surface area contributed by atoms with E-state index in [0.29, 0.717) is 17.9 Å². The van der Waals surface area contributed by atoms with Crippen molar-refractivity contribution in [3.8, 4) is 0 Å². The first-order valence-corrected chi connectivity index (χ1v) is 7.81. The quantitative estimate of drug-likeness (QED) is 0.519. The highest BCUT2D eigenvalue weighted by Crippen LogP contribution is 2.39. The van der Waals surface area contributed by atoms with E-state index in [0.717, 1.165) is 20.5 Å². The monoisotopic (exact) mass is 330 g/mol. The summed E-state index contributed by atoms with van der Waals surface area (Å²) >= 11 is 1.55. The summed E-state index contributed by atoms with van der Waals surface area (Å²) in [5, 5.41) is 12.6. The van der Waals surface area contributed by atoms with Gasteiger partial charge < -0.3 is 9.26 Å². The molecule has 3 aromatic rings. The van der Waals surface area contributed by atoms with Crippen LogP contribution in [0.5, 0.6) is 0 Å². The van der Waals surface area contributed by atoms with E-state index in [1.165, 1.54) is 6.33 Å². The van der Waals surface area contributed by atoms with Crippen molar-refractivity contribution in [1.82, 2.24) is 10.1 Å². The number of hydrogen-bond donors (Lipinski definition) is 0. The van der Waals surface area contributed by atoms with Gasteiger partial charge in [0, 0.05) is 4.88 Å². The Labute approximate surface area is 136 Å². The Morgan fingerprint density at radius 2 is 2.17 bits per heavy atom. The first-order valence-electron chi connectivity index (χ1n) is 6.99. The maximum absolute atomic E-state index is 12.3. The summed E-state index contributed by atoms with van der Waals surface area (Å²) in [5.74, 6) is -0.428. The standard InChI is InChI=1S/C15H14N4O3S/c1-4-21-14(20)11-5-8(2)10-6-9(3)23-13(10)12(11)18-19-15-16-7-17-22-15/h5-7H,4H2,1-3H3. The van der Waals surface area contributed by atoms with E-state index >= 15 is 0 Å². The predicted molar refractivity (Wildman–Crippen MR) is 85.7 cm³/mol. The molecule has 0 aliphatic rings. The molecule has 0 bridgehead atoms. The van der Waals surface area contributed by atoms with Crippen LogP contribution in [0.25, 0.3) is 10.1 Å². The van der Waals surface area contributed by atoms with Crippen LogP contribution < -0.4 is 0 Å². The van der Waals surface area contributed by atoms with Crippen molar-refractivity contribution in [3.05, 3.63) is 34.5 Å². The number of aryl methyl sites for hydroxylation is 2. The Hall–Kier alpha value is -2.61. The third kappa shape index (κ3) is 2.98. The molecule has 2 aromatic heterocycles. The van der Waals surface area contributed by atoms with E-state index in [1.807, 2.05) is 13.8 Å². The van der Waals surface area contributed by atoms with Gasteiger partial charge >= 0.3 is 12.0 Å². The smallest absolute Gasteiger partial charge is 0.365 e. The van der Waals surface area contributed by atoms with E-state index in [2.05, 4.69) is 26.4 Å². The Morgan fingerprint density at radius 3 is 2.87 bits per heavy atom. The number of hydrogen-bond acceptors (Lipinski definition) is 8. The van der Waals surface area contributed by atoms with Crippen LogP contribution in [0.4, 0.5) is 11.7 Å². The number of rotatable bonds is 4. The summed E-state index contributed by atoms with van der Waals surface area (Å²) in [4.78, 5) is 17.2. The second-order valence-electron chi connectivity index (χ2n) is 4.83. The third-order valence-corrected chi connectivity index (χ3v) is 4.25. The summed E-state index contributed by atoms with van der Waals surface area (Å²) in [5.41, 5.74) is 1.83. The Balaban J connectivity index is 2.20. The number of aromatic nitrogens is 2. The molecule has 0 fully saturated rings. The van der Waals surface area contributed by atoms with Crippen LogP contribution in [0.15, 0.2) is 33.2 Å². The highest BCUT2D eigenvalue weighted by molar-refractivity contribution is 7.19. The molecule has 8 heteroatoms. The van der Waals surface area contributed by atoms with Crippen molar-refractivity contribution in [2.45, 2.75) is 20.8 Å². The van der Waals surface area contributed by atoms with E-state index in [9.17, 15) is 4.79 Å². The van der Waals surface area contributed by atoms with E-state index in [-0.39, 0.29) is 6.01 Å². The molecule has 0 unspecified atom stereocenters. The van der Waals surface area contributed by atoms with Gasteiger partial charge in [-0.1, -0.05) is 10.3 Å². The van der Waals surface area contributed by atoms with Gasteiger partial charge in [0.1, 0.15) is 5.69 Å². The Kier molecular flexibility index (Phi) is 4.16. The lowest BCUT2D eigenvalue weighted by Gasteiger charge is -2.07. The molecule has 3 rings (SSSR count). The number of benzene rings is 1. The second-order valence-corrected chi connectivity index (χ2v) is 6.09. The zero-order valence-electron chi connectivity index (χ0n) is 12.9. The number of fused-ring (bicyclic) bond motifs is 1. The Bertz CT molecular complexity index is 884. The molecule has 23 heavy (non-hydrogen) atoms. The highest BCUT2D eigenvalue weighted by atomic mass is 32.1. The zero-order valence-corrected chi connectivity index (χ0v) is 13.7. The molecule has 0 saturated carbocycles. The van der Waals surface area contributed by atoms with Gasteiger partial charge in [0.2, 0.25) is 0 Å². The summed E-state index contributed by atoms with van der Waals surface area (Å²) in [6.45, 7) is 6.01. The van der Waals surface area contributed by atoms with E-state index < -0.39 is 5.97 Å². The molecule has 7 nitrogen and oxygen atoms in total. The van der Waals surface area contributed by atoms with Crippen molar-refractivity contribution in [1.29, 1.82) is 0 Å². The van der Waals surface area contributed by atoms with Crippen LogP contribution in [-0.4, -0.2) is 22.7 Å². The molecule has 0 spiro atoms. The van der Waals surface area contributed by atoms with Crippen molar-refractivity contribution in [3.63, 3.8) is 0 Å². The molecule has 0 aliphatic heterocycles. The van der Waals surface area contributed by atoms with Gasteiger partial charge in [0.15, 0.2) is 6.33 Å². The lowest BCUT2D eigenvalue weighted by molar-refractivity contribution is 0.0527. The average Bonchev–Trinajstić information content (AvgIpc) is 3.15. The highest BCUT2D eigenvalue weighted by Gasteiger charge is 2.19. The third-order valence-electron chi connectivity index (χ3n) is 3.19. The molecule has 0 radical (unpaired) electrons. The van der Waals surface area contributed by atoms with Crippen LogP contribution in [0.1, 0.15) is 27.7 Å². The van der Waals surface area contributed by atoms with Crippen LogP contribution in [-0.2, 0) is 4.74 Å². The predicted octanol–water partition coefficient (Wildman–Crippen LogP) is 4.49. The van der Waals surface area contributed by atoms with Crippen LogP contribution in [0.3, 0.4) is 0 Å². The summed E-state index contributed by atoms with van der Waals surface area (Å²) < 4.78 is 10.8. The van der Waals surface area contributed by atoms with Gasteiger partial charge in [-0.2, -0.15) is 4.98 Å². The fourth-order valence-corrected chi connectivity index (χ4v) is 3.31. The number of esters is 1. The van der Waals surface area contributed by atoms with Crippen molar-refractivity contribution < 1.29 is 14.1 Å². The number of nitrogens with zero attached hydrogens (tertiary/aromatic N) is 4. The molecule has 118 valence electrons. The van der Waals surface area contributed by atoms with Crippen LogP contribution in [0.2, 0.25) is 0 Å². The minimum atomic E-state index is -0.428. The van der Waals surface area contributed by atoms with Gasteiger partial charge in [-0.25, -0.2) is 4.79 Å². The fraction of sp³-hybridized carbons (Fsp3) is 0.267. The lowest BCUT2D eigenvalue weighted by atomic mass is 10.1. The number of thiophene rings is 1. The molecule has 0 saturated heterocycles. The maximum Gasteiger partial charge on any atom is 0.365 e. The molecule has 0 amide bonds. The number of carbonyl (C=O) groups excluding carboxylic acids is 1. The lowest BCUT2D eigenvalue weighted by Crippen LogP contribution is -2.05. The zero-order chi connectivity index (χ0) is 16.4. The maximum atomic E-state index is 12.3. The topological polar surface area (TPSA) is 89.9 Å². The molecule has 0 aliphatic carbocycles. The second kappa shape index (κ2) is 6.25. The normalized spacial score (nSPS) is 11.4. The average molecular weight is 330 g/mol. The van der Waals surface area contributed by atoms with E-state index in [1.54, 1.807) is 24.3 Å². The summed E-state index contributed by atoms with van der Waals surface area (Å²) in [6.07, 6.45) is 1.24. The van der Waals surface area contributed by atoms with Gasteiger partial charge in [0.25, 0.3) is 0 Å².